The van der Waals surface area contributed by atoms with E-state index < -0.39 is 6.04 Å². The van der Waals surface area contributed by atoms with Crippen LogP contribution in [0.1, 0.15) is 30.5 Å². The summed E-state index contributed by atoms with van der Waals surface area (Å²) in [6.07, 6.45) is 0.392. The Morgan fingerprint density at radius 2 is 1.56 bits per heavy atom. The van der Waals surface area contributed by atoms with Crippen LogP contribution in [0.4, 0.5) is 0 Å². The Balaban J connectivity index is 1.91. The van der Waals surface area contributed by atoms with Gasteiger partial charge in [0.1, 0.15) is 11.8 Å². The van der Waals surface area contributed by atoms with Crippen molar-refractivity contribution in [1.82, 2.24) is 10.2 Å². The van der Waals surface area contributed by atoms with Crippen LogP contribution in [0.3, 0.4) is 0 Å². The summed E-state index contributed by atoms with van der Waals surface area (Å²) in [6.45, 7) is 5.84. The Bertz CT molecular complexity index is 1080. The summed E-state index contributed by atoms with van der Waals surface area (Å²) in [6, 6.07) is 23.8. The zero-order valence-corrected chi connectivity index (χ0v) is 20.6. The summed E-state index contributed by atoms with van der Waals surface area (Å²) in [7, 11) is 0. The predicted molar refractivity (Wildman–Crippen MR) is 136 cm³/mol. The Kier molecular flexibility index (Phi) is 9.11. The Morgan fingerprint density at radius 1 is 0.912 bits per heavy atom. The van der Waals surface area contributed by atoms with Gasteiger partial charge in [0, 0.05) is 24.0 Å². The van der Waals surface area contributed by atoms with Crippen molar-refractivity contribution < 1.29 is 14.3 Å². The number of carbonyl (C=O) groups excluding carboxylic acids is 2. The lowest BCUT2D eigenvalue weighted by Gasteiger charge is -2.32. The van der Waals surface area contributed by atoms with Crippen LogP contribution in [0.5, 0.6) is 5.75 Å². The van der Waals surface area contributed by atoms with Crippen molar-refractivity contribution in [3.8, 4) is 5.75 Å². The summed E-state index contributed by atoms with van der Waals surface area (Å²) < 4.78 is 5.85. The van der Waals surface area contributed by atoms with E-state index in [9.17, 15) is 9.59 Å². The highest BCUT2D eigenvalue weighted by molar-refractivity contribution is 6.30. The number of ether oxygens (including phenoxy) is 1. The van der Waals surface area contributed by atoms with Crippen LogP contribution in [-0.4, -0.2) is 35.4 Å². The third-order valence-electron chi connectivity index (χ3n) is 5.41. The summed E-state index contributed by atoms with van der Waals surface area (Å²) in [5.74, 6) is 0.184. The van der Waals surface area contributed by atoms with Gasteiger partial charge in [-0.15, -0.1) is 0 Å². The molecule has 0 radical (unpaired) electrons. The molecule has 3 rings (SSSR count). The van der Waals surface area contributed by atoms with Crippen LogP contribution in [0.2, 0.25) is 5.02 Å². The number of nitrogens with one attached hydrogen (secondary N) is 1. The van der Waals surface area contributed by atoms with E-state index in [1.165, 1.54) is 0 Å². The maximum absolute atomic E-state index is 13.5. The molecule has 1 N–H and O–H groups in total. The largest absolute Gasteiger partial charge is 0.484 e. The topological polar surface area (TPSA) is 58.6 Å². The first-order valence-electron chi connectivity index (χ1n) is 11.4. The SMILES string of the molecule is Cc1ccccc1OCC(=O)N(Cc1ccc(Cl)cc1)[C@H](Cc1ccccc1)C(=O)NC(C)C. The van der Waals surface area contributed by atoms with E-state index in [-0.39, 0.29) is 31.0 Å². The number of nitrogens with zero attached hydrogens (tertiary/aromatic N) is 1. The number of amides is 2. The standard InChI is InChI=1S/C28H31ClN2O3/c1-20(2)30-28(33)25(17-22-10-5-4-6-11-22)31(18-23-13-15-24(29)16-14-23)27(32)19-34-26-12-8-7-9-21(26)3/h4-16,20,25H,17-19H2,1-3H3,(H,30,33)/t25-/m1/s1. The van der Waals surface area contributed by atoms with Gasteiger partial charge in [-0.1, -0.05) is 72.3 Å². The molecule has 1 atom stereocenters. The van der Waals surface area contributed by atoms with Gasteiger partial charge in [-0.05, 0) is 55.7 Å². The van der Waals surface area contributed by atoms with Crippen molar-refractivity contribution in [2.75, 3.05) is 6.61 Å². The molecule has 0 unspecified atom stereocenters. The molecule has 3 aromatic carbocycles. The van der Waals surface area contributed by atoms with Gasteiger partial charge in [-0.25, -0.2) is 0 Å². The van der Waals surface area contributed by atoms with Crippen LogP contribution in [-0.2, 0) is 22.6 Å². The molecule has 0 heterocycles. The molecule has 0 spiro atoms. The Morgan fingerprint density at radius 3 is 2.21 bits per heavy atom. The quantitative estimate of drug-likeness (QED) is 0.436. The second-order valence-electron chi connectivity index (χ2n) is 8.57. The van der Waals surface area contributed by atoms with Crippen molar-refractivity contribution >= 4 is 23.4 Å². The second kappa shape index (κ2) is 12.2. The molecule has 5 nitrogen and oxygen atoms in total. The summed E-state index contributed by atoms with van der Waals surface area (Å²) in [5, 5.41) is 3.60. The van der Waals surface area contributed by atoms with E-state index >= 15 is 0 Å². The fraction of sp³-hybridized carbons (Fsp3) is 0.286. The highest BCUT2D eigenvalue weighted by Gasteiger charge is 2.31. The van der Waals surface area contributed by atoms with Crippen LogP contribution in [0, 0.1) is 6.92 Å². The van der Waals surface area contributed by atoms with E-state index in [1.54, 1.807) is 17.0 Å². The molecule has 0 aromatic heterocycles. The highest BCUT2D eigenvalue weighted by atomic mass is 35.5. The minimum Gasteiger partial charge on any atom is -0.484 e. The summed E-state index contributed by atoms with van der Waals surface area (Å²) in [5.41, 5.74) is 2.79. The first-order valence-corrected chi connectivity index (χ1v) is 11.8. The fourth-order valence-electron chi connectivity index (χ4n) is 3.66. The third kappa shape index (κ3) is 7.35. The number of aryl methyl sites for hydroxylation is 1. The summed E-state index contributed by atoms with van der Waals surface area (Å²) in [4.78, 5) is 28.4. The Hall–Kier alpha value is -3.31. The van der Waals surface area contributed by atoms with Crippen LogP contribution < -0.4 is 10.1 Å². The van der Waals surface area contributed by atoms with E-state index in [4.69, 9.17) is 16.3 Å². The van der Waals surface area contributed by atoms with Gasteiger partial charge < -0.3 is 15.0 Å². The highest BCUT2D eigenvalue weighted by Crippen LogP contribution is 2.19. The van der Waals surface area contributed by atoms with Crippen LogP contribution in [0.15, 0.2) is 78.9 Å². The minimum atomic E-state index is -0.701. The number of hydrogen-bond acceptors (Lipinski definition) is 3. The Labute approximate surface area is 206 Å². The number of benzene rings is 3. The van der Waals surface area contributed by atoms with Gasteiger partial charge in [0.2, 0.25) is 5.91 Å². The van der Waals surface area contributed by atoms with E-state index in [0.29, 0.717) is 17.2 Å². The van der Waals surface area contributed by atoms with Crippen molar-refractivity contribution in [2.24, 2.45) is 0 Å². The number of rotatable bonds is 10. The lowest BCUT2D eigenvalue weighted by Crippen LogP contribution is -2.52. The third-order valence-corrected chi connectivity index (χ3v) is 5.66. The molecule has 0 saturated carbocycles. The van der Waals surface area contributed by atoms with Gasteiger partial charge in [0.15, 0.2) is 6.61 Å². The maximum Gasteiger partial charge on any atom is 0.261 e. The molecule has 0 aliphatic heterocycles. The van der Waals surface area contributed by atoms with Crippen molar-refractivity contribution in [3.05, 3.63) is 101 Å². The summed E-state index contributed by atoms with van der Waals surface area (Å²) >= 11 is 6.06. The number of para-hydroxylation sites is 1. The average molecular weight is 479 g/mol. The molecule has 6 heteroatoms. The lowest BCUT2D eigenvalue weighted by molar-refractivity contribution is -0.143. The van der Waals surface area contributed by atoms with Gasteiger partial charge in [-0.3, -0.25) is 9.59 Å². The molecule has 34 heavy (non-hydrogen) atoms. The molecule has 2 amide bonds. The molecule has 0 fully saturated rings. The first-order chi connectivity index (χ1) is 16.3. The van der Waals surface area contributed by atoms with Gasteiger partial charge >= 0.3 is 0 Å². The van der Waals surface area contributed by atoms with Crippen molar-refractivity contribution in [1.29, 1.82) is 0 Å². The zero-order valence-electron chi connectivity index (χ0n) is 19.8. The average Bonchev–Trinajstić information content (AvgIpc) is 2.82. The van der Waals surface area contributed by atoms with Gasteiger partial charge in [-0.2, -0.15) is 0 Å². The number of halogens is 1. The second-order valence-corrected chi connectivity index (χ2v) is 9.01. The molecule has 3 aromatic rings. The van der Waals surface area contributed by atoms with Gasteiger partial charge in [0.25, 0.3) is 5.91 Å². The van der Waals surface area contributed by atoms with Crippen LogP contribution >= 0.6 is 11.6 Å². The van der Waals surface area contributed by atoms with Crippen LogP contribution in [0.25, 0.3) is 0 Å². The fourth-order valence-corrected chi connectivity index (χ4v) is 3.79. The first kappa shape index (κ1) is 25.3. The number of carbonyl (C=O) groups is 2. The maximum atomic E-state index is 13.5. The van der Waals surface area contributed by atoms with E-state index in [1.807, 2.05) is 87.5 Å². The van der Waals surface area contributed by atoms with E-state index in [2.05, 4.69) is 5.32 Å². The lowest BCUT2D eigenvalue weighted by atomic mass is 10.0. The predicted octanol–water partition coefficient (Wildman–Crippen LogP) is 5.19. The minimum absolute atomic E-state index is 0.0542. The molecular weight excluding hydrogens is 448 g/mol. The van der Waals surface area contributed by atoms with Crippen molar-refractivity contribution in [3.63, 3.8) is 0 Å². The van der Waals surface area contributed by atoms with Gasteiger partial charge in [0.05, 0.1) is 0 Å². The molecule has 0 aliphatic rings. The van der Waals surface area contributed by atoms with Crippen molar-refractivity contribution in [2.45, 2.75) is 45.8 Å². The molecule has 178 valence electrons. The molecule has 0 saturated heterocycles. The molecule has 0 aliphatic carbocycles. The van der Waals surface area contributed by atoms with E-state index in [0.717, 1.165) is 16.7 Å². The molecule has 0 bridgehead atoms. The normalized spacial score (nSPS) is 11.7. The monoisotopic (exact) mass is 478 g/mol. The smallest absolute Gasteiger partial charge is 0.261 e. The zero-order chi connectivity index (χ0) is 24.5. The molecular formula is C28H31ClN2O3. The number of hydrogen-bond donors (Lipinski definition) is 1.